The Bertz CT molecular complexity index is 480. The van der Waals surface area contributed by atoms with Crippen LogP contribution in [0.3, 0.4) is 0 Å². The van der Waals surface area contributed by atoms with Crippen LogP contribution in [0.5, 0.6) is 0 Å². The van der Waals surface area contributed by atoms with Gasteiger partial charge in [-0.05, 0) is 27.7 Å². The molecule has 1 N–H and O–H groups in total. The van der Waals surface area contributed by atoms with Gasteiger partial charge in [0.1, 0.15) is 0 Å². The summed E-state index contributed by atoms with van der Waals surface area (Å²) in [6.07, 6.45) is 1.46. The van der Waals surface area contributed by atoms with Crippen molar-refractivity contribution in [2.75, 3.05) is 19.6 Å². The van der Waals surface area contributed by atoms with Crippen molar-refractivity contribution in [1.82, 2.24) is 19.9 Å². The van der Waals surface area contributed by atoms with Gasteiger partial charge in [-0.15, -0.1) is 5.10 Å². The van der Waals surface area contributed by atoms with Crippen LogP contribution in [-0.4, -0.2) is 61.8 Å². The van der Waals surface area contributed by atoms with Gasteiger partial charge in [0.25, 0.3) is 0 Å². The third kappa shape index (κ3) is 3.77. The zero-order valence-corrected chi connectivity index (χ0v) is 12.5. The fraction of sp³-hybridized carbons (Fsp3) is 0.769. The molecule has 1 aromatic heterocycles. The topological polar surface area (TPSA) is 80.5 Å². The molecule has 7 heteroatoms. The molecule has 0 atom stereocenters. The second-order valence-electron chi connectivity index (χ2n) is 6.50. The van der Waals surface area contributed by atoms with Crippen LogP contribution < -0.4 is 0 Å². The summed E-state index contributed by atoms with van der Waals surface area (Å²) >= 11 is 0. The molecule has 0 spiro atoms. The Balaban J connectivity index is 1.94. The van der Waals surface area contributed by atoms with Gasteiger partial charge in [0.15, 0.2) is 5.69 Å². The van der Waals surface area contributed by atoms with E-state index in [1.165, 1.54) is 6.20 Å². The van der Waals surface area contributed by atoms with Crippen LogP contribution in [-0.2, 0) is 11.3 Å². The Morgan fingerprint density at radius 1 is 1.30 bits per heavy atom. The van der Waals surface area contributed by atoms with Crippen molar-refractivity contribution in [2.24, 2.45) is 0 Å². The fourth-order valence-electron chi connectivity index (χ4n) is 2.85. The van der Waals surface area contributed by atoms with Gasteiger partial charge in [-0.3, -0.25) is 9.58 Å². The maximum atomic E-state index is 10.7. The summed E-state index contributed by atoms with van der Waals surface area (Å²) < 4.78 is 7.59. The van der Waals surface area contributed by atoms with E-state index >= 15 is 0 Å². The van der Waals surface area contributed by atoms with E-state index in [0.717, 1.165) is 19.6 Å². The smallest absolute Gasteiger partial charge is 0.358 e. The van der Waals surface area contributed by atoms with Crippen molar-refractivity contribution in [3.05, 3.63) is 11.9 Å². The standard InChI is InChI=1S/C13H22N4O3/c1-12(2)8-16(9-13(3,4)20-12)5-6-17-7-10(11(18)19)14-15-17/h7H,5-6,8-9H2,1-4H3,(H,18,19). The van der Waals surface area contributed by atoms with Crippen LogP contribution in [0, 0.1) is 0 Å². The molecule has 1 aromatic rings. The molecule has 0 saturated carbocycles. The van der Waals surface area contributed by atoms with E-state index in [1.54, 1.807) is 4.68 Å². The Kier molecular flexibility index (Phi) is 3.84. The molecule has 0 radical (unpaired) electrons. The quantitative estimate of drug-likeness (QED) is 0.882. The van der Waals surface area contributed by atoms with Gasteiger partial charge in [-0.1, -0.05) is 5.21 Å². The molecule has 0 unspecified atom stereocenters. The zero-order valence-electron chi connectivity index (χ0n) is 12.5. The second kappa shape index (κ2) is 5.14. The molecule has 0 aromatic carbocycles. The van der Waals surface area contributed by atoms with Gasteiger partial charge in [0.05, 0.1) is 23.9 Å². The first kappa shape index (κ1) is 14.9. The highest BCUT2D eigenvalue weighted by Gasteiger charge is 2.37. The monoisotopic (exact) mass is 282 g/mol. The van der Waals surface area contributed by atoms with E-state index in [4.69, 9.17) is 9.84 Å². The predicted octanol–water partition coefficient (Wildman–Crippen LogP) is 0.866. The van der Waals surface area contributed by atoms with Gasteiger partial charge in [0, 0.05) is 19.6 Å². The third-order valence-electron chi connectivity index (χ3n) is 3.16. The van der Waals surface area contributed by atoms with E-state index in [2.05, 4.69) is 42.9 Å². The van der Waals surface area contributed by atoms with E-state index in [1.807, 2.05) is 0 Å². The average Bonchev–Trinajstić information content (AvgIpc) is 2.70. The van der Waals surface area contributed by atoms with Gasteiger partial charge in [0.2, 0.25) is 0 Å². The third-order valence-corrected chi connectivity index (χ3v) is 3.16. The van der Waals surface area contributed by atoms with Gasteiger partial charge < -0.3 is 9.84 Å². The van der Waals surface area contributed by atoms with Crippen molar-refractivity contribution in [3.63, 3.8) is 0 Å². The molecule has 0 aliphatic carbocycles. The minimum Gasteiger partial charge on any atom is -0.476 e. The second-order valence-corrected chi connectivity index (χ2v) is 6.50. The number of carboxylic acid groups (broad SMARTS) is 1. The van der Waals surface area contributed by atoms with Crippen LogP contribution in [0.15, 0.2) is 6.20 Å². The average molecular weight is 282 g/mol. The molecule has 1 aliphatic rings. The number of nitrogens with zero attached hydrogens (tertiary/aromatic N) is 4. The lowest BCUT2D eigenvalue weighted by Gasteiger charge is -2.47. The van der Waals surface area contributed by atoms with Crippen LogP contribution in [0.4, 0.5) is 0 Å². The van der Waals surface area contributed by atoms with Crippen LogP contribution in [0.2, 0.25) is 0 Å². The number of morpholine rings is 1. The minimum atomic E-state index is -1.05. The Morgan fingerprint density at radius 2 is 1.90 bits per heavy atom. The highest BCUT2D eigenvalue weighted by atomic mass is 16.5. The molecule has 7 nitrogen and oxygen atoms in total. The van der Waals surface area contributed by atoms with Gasteiger partial charge in [-0.2, -0.15) is 0 Å². The number of rotatable bonds is 4. The number of hydrogen-bond donors (Lipinski definition) is 1. The lowest BCUT2D eigenvalue weighted by atomic mass is 9.99. The van der Waals surface area contributed by atoms with Crippen molar-refractivity contribution < 1.29 is 14.6 Å². The molecule has 1 saturated heterocycles. The van der Waals surface area contributed by atoms with E-state index < -0.39 is 5.97 Å². The van der Waals surface area contributed by atoms with Gasteiger partial charge in [-0.25, -0.2) is 4.79 Å². The number of hydrogen-bond acceptors (Lipinski definition) is 5. The molecule has 0 amide bonds. The summed E-state index contributed by atoms with van der Waals surface area (Å²) in [5, 5.41) is 16.2. The number of carbonyl (C=O) groups is 1. The van der Waals surface area contributed by atoms with Crippen molar-refractivity contribution in [2.45, 2.75) is 45.4 Å². The molecule has 112 valence electrons. The molecule has 2 heterocycles. The molecule has 2 rings (SSSR count). The number of carboxylic acids is 1. The molecule has 20 heavy (non-hydrogen) atoms. The predicted molar refractivity (Wildman–Crippen MR) is 72.7 cm³/mol. The molecule has 1 fully saturated rings. The van der Waals surface area contributed by atoms with E-state index in [9.17, 15) is 4.79 Å². The molecular weight excluding hydrogens is 260 g/mol. The SMILES string of the molecule is CC1(C)CN(CCn2cc(C(=O)O)nn2)CC(C)(C)O1. The largest absolute Gasteiger partial charge is 0.476 e. The summed E-state index contributed by atoms with van der Waals surface area (Å²) in [4.78, 5) is 13.1. The van der Waals surface area contributed by atoms with Crippen molar-refractivity contribution in [1.29, 1.82) is 0 Å². The maximum absolute atomic E-state index is 10.7. The maximum Gasteiger partial charge on any atom is 0.358 e. The first-order valence-electron chi connectivity index (χ1n) is 6.73. The molecule has 0 bridgehead atoms. The number of aromatic nitrogens is 3. The summed E-state index contributed by atoms with van der Waals surface area (Å²) in [5.74, 6) is -1.05. The molecular formula is C13H22N4O3. The first-order valence-corrected chi connectivity index (χ1v) is 6.73. The lowest BCUT2D eigenvalue weighted by Crippen LogP contribution is -2.57. The number of aromatic carboxylic acids is 1. The lowest BCUT2D eigenvalue weighted by molar-refractivity contribution is -0.180. The summed E-state index contributed by atoms with van der Waals surface area (Å²) in [6, 6.07) is 0. The van der Waals surface area contributed by atoms with Crippen molar-refractivity contribution in [3.8, 4) is 0 Å². The Morgan fingerprint density at radius 3 is 2.40 bits per heavy atom. The summed E-state index contributed by atoms with van der Waals surface area (Å²) in [5.41, 5.74) is -0.389. The van der Waals surface area contributed by atoms with Crippen LogP contribution in [0.1, 0.15) is 38.2 Å². The fourth-order valence-corrected chi connectivity index (χ4v) is 2.85. The summed E-state index contributed by atoms with van der Waals surface area (Å²) in [6.45, 7) is 11.4. The number of ether oxygens (including phenoxy) is 1. The summed E-state index contributed by atoms with van der Waals surface area (Å²) in [7, 11) is 0. The van der Waals surface area contributed by atoms with Crippen LogP contribution in [0.25, 0.3) is 0 Å². The van der Waals surface area contributed by atoms with Crippen molar-refractivity contribution >= 4 is 5.97 Å². The Hall–Kier alpha value is -1.47. The highest BCUT2D eigenvalue weighted by Crippen LogP contribution is 2.27. The van der Waals surface area contributed by atoms with E-state index in [-0.39, 0.29) is 16.9 Å². The molecule has 1 aliphatic heterocycles. The first-order chi connectivity index (χ1) is 9.17. The zero-order chi connectivity index (χ0) is 15.0. The van der Waals surface area contributed by atoms with E-state index in [0.29, 0.717) is 6.54 Å². The van der Waals surface area contributed by atoms with Crippen LogP contribution >= 0.6 is 0 Å². The van der Waals surface area contributed by atoms with Gasteiger partial charge >= 0.3 is 5.97 Å². The normalized spacial score (nSPS) is 21.8. The Labute approximate surface area is 118 Å². The highest BCUT2D eigenvalue weighted by molar-refractivity contribution is 5.84. The minimum absolute atomic E-state index is 0.0207.